The number of primary sulfonamides is 1. The van der Waals surface area contributed by atoms with Gasteiger partial charge in [-0.1, -0.05) is 29.8 Å². The number of nitrogens with one attached hydrogen (secondary N) is 1. The lowest BCUT2D eigenvalue weighted by Gasteiger charge is -2.13. The van der Waals surface area contributed by atoms with Crippen LogP contribution in [0.15, 0.2) is 52.7 Å². The number of anilines is 1. The van der Waals surface area contributed by atoms with Crippen LogP contribution in [0, 0.1) is 0 Å². The molecule has 0 aliphatic carbocycles. The zero-order chi connectivity index (χ0) is 22.1. The van der Waals surface area contributed by atoms with Crippen LogP contribution in [-0.4, -0.2) is 24.4 Å². The van der Waals surface area contributed by atoms with Crippen LogP contribution in [-0.2, 0) is 26.8 Å². The average Bonchev–Trinajstić information content (AvgIpc) is 3.13. The number of aliphatic hydroxyl groups is 1. The summed E-state index contributed by atoms with van der Waals surface area (Å²) in [6, 6.07) is 11.3. The molecule has 0 aliphatic rings. The van der Waals surface area contributed by atoms with Crippen molar-refractivity contribution in [1.29, 1.82) is 0 Å². The molecule has 0 aliphatic heterocycles. The Balaban J connectivity index is 1.91. The molecule has 2 aromatic carbocycles. The molecule has 30 heavy (non-hydrogen) atoms. The average molecular weight is 466 g/mol. The van der Waals surface area contributed by atoms with Crippen molar-refractivity contribution in [2.45, 2.75) is 30.8 Å². The second-order valence-electron chi connectivity index (χ2n) is 7.17. The van der Waals surface area contributed by atoms with Crippen molar-refractivity contribution in [3.05, 3.63) is 63.4 Å². The molecular weight excluding hydrogens is 446 g/mol. The Morgan fingerprint density at radius 3 is 2.57 bits per heavy atom. The van der Waals surface area contributed by atoms with Gasteiger partial charge in [0.15, 0.2) is 0 Å². The largest absolute Gasteiger partial charge is 0.383 e. The smallest absolute Gasteiger partial charge is 0.238 e. The summed E-state index contributed by atoms with van der Waals surface area (Å²) in [5, 5.41) is 20.7. The van der Waals surface area contributed by atoms with E-state index in [4.69, 9.17) is 16.7 Å². The first kappa shape index (κ1) is 22.4. The highest BCUT2D eigenvalue weighted by Gasteiger charge is 2.23. The second-order valence-corrected chi connectivity index (χ2v) is 9.96. The fourth-order valence-corrected chi connectivity index (χ4v) is 4.56. The lowest BCUT2D eigenvalue weighted by molar-refractivity contribution is -0.115. The fraction of sp³-hybridized carbons (Fsp3) is 0.200. The first-order valence-corrected chi connectivity index (χ1v) is 11.6. The van der Waals surface area contributed by atoms with E-state index in [0.717, 1.165) is 0 Å². The van der Waals surface area contributed by atoms with E-state index >= 15 is 0 Å². The summed E-state index contributed by atoms with van der Waals surface area (Å²) >= 11 is 7.29. The van der Waals surface area contributed by atoms with E-state index in [-0.39, 0.29) is 28.5 Å². The molecule has 0 bridgehead atoms. The minimum Gasteiger partial charge on any atom is -0.383 e. The Bertz CT molecular complexity index is 1200. The summed E-state index contributed by atoms with van der Waals surface area (Å²) in [5.41, 5.74) is 0.430. The molecule has 0 spiro atoms. The summed E-state index contributed by atoms with van der Waals surface area (Å²) in [6.07, 6.45) is 0.0349. The predicted octanol–water partition coefficient (Wildman–Crippen LogP) is 3.52. The number of halogens is 1. The number of rotatable bonds is 6. The van der Waals surface area contributed by atoms with Crippen molar-refractivity contribution in [2.75, 3.05) is 5.32 Å². The highest BCUT2D eigenvalue weighted by atomic mass is 35.5. The SMILES string of the molecule is CC(C)(O)c1nc(-c2ccc(NC(=O)Cc3ccccc3Cl)cc2S(N)(=O)=O)cs1. The number of sulfonamides is 1. The number of nitrogens with two attached hydrogens (primary N) is 1. The van der Waals surface area contributed by atoms with Crippen LogP contribution in [0.2, 0.25) is 5.02 Å². The van der Waals surface area contributed by atoms with Gasteiger partial charge in [-0.15, -0.1) is 11.3 Å². The Morgan fingerprint density at radius 2 is 1.97 bits per heavy atom. The zero-order valence-corrected chi connectivity index (χ0v) is 18.6. The Morgan fingerprint density at radius 1 is 1.27 bits per heavy atom. The molecule has 1 heterocycles. The van der Waals surface area contributed by atoms with Crippen LogP contribution in [0.5, 0.6) is 0 Å². The van der Waals surface area contributed by atoms with Gasteiger partial charge in [0, 0.05) is 21.7 Å². The van der Waals surface area contributed by atoms with Crippen LogP contribution < -0.4 is 10.5 Å². The third kappa shape index (κ3) is 5.24. The van der Waals surface area contributed by atoms with Gasteiger partial charge in [-0.25, -0.2) is 18.5 Å². The molecule has 10 heteroatoms. The third-order valence-electron chi connectivity index (χ3n) is 4.18. The summed E-state index contributed by atoms with van der Waals surface area (Å²) in [5.74, 6) is -0.353. The number of hydrogen-bond acceptors (Lipinski definition) is 6. The van der Waals surface area contributed by atoms with Gasteiger partial charge in [0.05, 0.1) is 17.0 Å². The molecule has 3 rings (SSSR count). The van der Waals surface area contributed by atoms with Crippen molar-refractivity contribution in [2.24, 2.45) is 5.14 Å². The molecule has 0 unspecified atom stereocenters. The maximum absolute atomic E-state index is 12.4. The second kappa shape index (κ2) is 8.44. The number of amides is 1. The quantitative estimate of drug-likeness (QED) is 0.514. The Labute approximate surface area is 183 Å². The predicted molar refractivity (Wildman–Crippen MR) is 118 cm³/mol. The highest BCUT2D eigenvalue weighted by Crippen LogP contribution is 2.33. The third-order valence-corrected chi connectivity index (χ3v) is 6.66. The van der Waals surface area contributed by atoms with Crippen molar-refractivity contribution >= 4 is 44.6 Å². The van der Waals surface area contributed by atoms with E-state index in [1.807, 2.05) is 0 Å². The fourth-order valence-electron chi connectivity index (χ4n) is 2.75. The Kier molecular flexibility index (Phi) is 6.30. The van der Waals surface area contributed by atoms with Crippen molar-refractivity contribution in [3.8, 4) is 11.3 Å². The number of nitrogens with zero attached hydrogens (tertiary/aromatic N) is 1. The molecular formula is C20H20ClN3O4S2. The molecule has 1 aromatic heterocycles. The first-order chi connectivity index (χ1) is 13.9. The zero-order valence-electron chi connectivity index (χ0n) is 16.2. The van der Waals surface area contributed by atoms with E-state index in [9.17, 15) is 18.3 Å². The molecule has 1 amide bonds. The van der Waals surface area contributed by atoms with Gasteiger partial charge in [0.1, 0.15) is 10.6 Å². The molecule has 7 nitrogen and oxygen atoms in total. The number of aromatic nitrogens is 1. The number of hydrogen-bond donors (Lipinski definition) is 3. The molecule has 0 atom stereocenters. The normalized spacial score (nSPS) is 12.0. The first-order valence-electron chi connectivity index (χ1n) is 8.84. The molecule has 0 radical (unpaired) electrons. The summed E-state index contributed by atoms with van der Waals surface area (Å²) < 4.78 is 24.4. The van der Waals surface area contributed by atoms with Crippen LogP contribution in [0.4, 0.5) is 5.69 Å². The van der Waals surface area contributed by atoms with Crippen LogP contribution >= 0.6 is 22.9 Å². The standard InChI is InChI=1S/C20H20ClN3O4S2/c1-20(2,26)19-24-16(11-29-19)14-8-7-13(10-17(14)30(22,27)28)23-18(25)9-12-5-3-4-6-15(12)21/h3-8,10-11,26H,9H2,1-2H3,(H,23,25)(H2,22,27,28). The summed E-state index contributed by atoms with van der Waals surface area (Å²) in [6.45, 7) is 3.18. The van der Waals surface area contributed by atoms with Gasteiger partial charge in [-0.3, -0.25) is 4.79 Å². The number of carbonyl (C=O) groups excluding carboxylic acids is 1. The lowest BCUT2D eigenvalue weighted by Crippen LogP contribution is -2.17. The molecule has 0 fully saturated rings. The molecule has 158 valence electrons. The minimum absolute atomic E-state index is 0.0349. The highest BCUT2D eigenvalue weighted by molar-refractivity contribution is 7.89. The van der Waals surface area contributed by atoms with Crippen molar-refractivity contribution in [3.63, 3.8) is 0 Å². The lowest BCUT2D eigenvalue weighted by atomic mass is 10.1. The number of benzene rings is 2. The monoisotopic (exact) mass is 465 g/mol. The summed E-state index contributed by atoms with van der Waals surface area (Å²) in [4.78, 5) is 16.5. The van der Waals surface area contributed by atoms with Gasteiger partial charge in [-0.2, -0.15) is 0 Å². The van der Waals surface area contributed by atoms with Crippen LogP contribution in [0.1, 0.15) is 24.4 Å². The number of thiazole rings is 1. The minimum atomic E-state index is -4.10. The number of carbonyl (C=O) groups is 1. The van der Waals surface area contributed by atoms with Gasteiger partial charge < -0.3 is 10.4 Å². The van der Waals surface area contributed by atoms with E-state index in [1.165, 1.54) is 23.5 Å². The Hall–Kier alpha value is -2.30. The molecule has 3 aromatic rings. The van der Waals surface area contributed by atoms with Gasteiger partial charge in [0.25, 0.3) is 0 Å². The topological polar surface area (TPSA) is 122 Å². The van der Waals surface area contributed by atoms with E-state index in [2.05, 4.69) is 10.3 Å². The van der Waals surface area contributed by atoms with E-state index < -0.39 is 15.6 Å². The molecule has 4 N–H and O–H groups in total. The van der Waals surface area contributed by atoms with Gasteiger partial charge >= 0.3 is 0 Å². The van der Waals surface area contributed by atoms with Crippen LogP contribution in [0.3, 0.4) is 0 Å². The van der Waals surface area contributed by atoms with Crippen molar-refractivity contribution in [1.82, 2.24) is 4.98 Å². The maximum atomic E-state index is 12.4. The maximum Gasteiger partial charge on any atom is 0.238 e. The van der Waals surface area contributed by atoms with E-state index in [0.29, 0.717) is 21.3 Å². The van der Waals surface area contributed by atoms with Crippen molar-refractivity contribution < 1.29 is 18.3 Å². The van der Waals surface area contributed by atoms with Gasteiger partial charge in [-0.05, 0) is 43.7 Å². The van der Waals surface area contributed by atoms with Crippen LogP contribution in [0.25, 0.3) is 11.3 Å². The molecule has 0 saturated heterocycles. The van der Waals surface area contributed by atoms with E-state index in [1.54, 1.807) is 49.6 Å². The van der Waals surface area contributed by atoms with Gasteiger partial charge in [0.2, 0.25) is 15.9 Å². The summed E-state index contributed by atoms with van der Waals surface area (Å²) in [7, 11) is -4.10. The molecule has 0 saturated carbocycles.